The second kappa shape index (κ2) is 5.53. The van der Waals surface area contributed by atoms with E-state index in [2.05, 4.69) is 29.4 Å². The molecule has 1 saturated carbocycles. The van der Waals surface area contributed by atoms with Crippen LogP contribution in [0.15, 0.2) is 28.7 Å². The molecule has 2 heterocycles. The fourth-order valence-corrected chi connectivity index (χ4v) is 4.08. The van der Waals surface area contributed by atoms with Crippen molar-refractivity contribution in [2.24, 2.45) is 11.3 Å². The van der Waals surface area contributed by atoms with Crippen LogP contribution in [0.25, 0.3) is 11.5 Å². The van der Waals surface area contributed by atoms with Crippen LogP contribution in [0.2, 0.25) is 0 Å². The van der Waals surface area contributed by atoms with E-state index in [0.717, 1.165) is 18.6 Å². The van der Waals surface area contributed by atoms with Gasteiger partial charge in [0.25, 0.3) is 10.7 Å². The zero-order chi connectivity index (χ0) is 16.9. The first-order chi connectivity index (χ1) is 11.5. The number of aromatic amines is 1. The summed E-state index contributed by atoms with van der Waals surface area (Å²) in [7, 11) is 0. The van der Waals surface area contributed by atoms with E-state index in [9.17, 15) is 4.79 Å². The van der Waals surface area contributed by atoms with Crippen molar-refractivity contribution in [3.05, 3.63) is 34.7 Å². The van der Waals surface area contributed by atoms with Crippen LogP contribution in [-0.4, -0.2) is 34.9 Å². The summed E-state index contributed by atoms with van der Waals surface area (Å²) in [5, 5.41) is 9.74. The van der Waals surface area contributed by atoms with Crippen molar-refractivity contribution in [1.82, 2.24) is 15.5 Å². The Hall–Kier alpha value is -1.99. The Morgan fingerprint density at radius 1 is 1.38 bits per heavy atom. The number of nitrogens with zero attached hydrogens (tertiary/aromatic N) is 1. The number of rotatable bonds is 3. The van der Waals surface area contributed by atoms with Gasteiger partial charge in [0.1, 0.15) is 0 Å². The number of benzene rings is 1. The Balaban J connectivity index is 1.48. The van der Waals surface area contributed by atoms with Gasteiger partial charge in [-0.15, -0.1) is 5.10 Å². The van der Waals surface area contributed by atoms with Gasteiger partial charge in [-0.2, -0.15) is 0 Å². The van der Waals surface area contributed by atoms with Gasteiger partial charge in [-0.1, -0.05) is 13.8 Å². The molecule has 0 radical (unpaired) electrons. The zero-order valence-corrected chi connectivity index (χ0v) is 14.4. The fourth-order valence-electron chi connectivity index (χ4n) is 3.96. The minimum Gasteiger partial charge on any atom is -0.409 e. The number of carbonyl (C=O) groups excluding carboxylic acids is 1. The van der Waals surface area contributed by atoms with Gasteiger partial charge < -0.3 is 14.5 Å². The van der Waals surface area contributed by atoms with Crippen molar-refractivity contribution in [3.63, 3.8) is 0 Å². The number of aromatic nitrogens is 2. The van der Waals surface area contributed by atoms with Crippen molar-refractivity contribution in [2.45, 2.75) is 32.4 Å². The van der Waals surface area contributed by atoms with Crippen LogP contribution in [0, 0.1) is 16.2 Å². The van der Waals surface area contributed by atoms with E-state index in [1.54, 1.807) is 24.3 Å². The molecule has 0 spiro atoms. The second-order valence-corrected chi connectivity index (χ2v) is 7.38. The van der Waals surface area contributed by atoms with Crippen LogP contribution in [0.4, 0.5) is 0 Å². The molecule has 1 amide bonds. The van der Waals surface area contributed by atoms with E-state index in [1.807, 2.05) is 0 Å². The highest BCUT2D eigenvalue weighted by Gasteiger charge is 2.59. The van der Waals surface area contributed by atoms with E-state index >= 15 is 0 Å². The third kappa shape index (κ3) is 2.39. The maximum atomic E-state index is 12.6. The first-order valence-corrected chi connectivity index (χ1v) is 8.46. The van der Waals surface area contributed by atoms with Crippen molar-refractivity contribution < 1.29 is 13.9 Å². The molecule has 1 aromatic heterocycles. The minimum atomic E-state index is -0.0621. The lowest BCUT2D eigenvalue weighted by Crippen LogP contribution is -2.66. The molecule has 2 fully saturated rings. The number of hydrogen-bond donors (Lipinski definition) is 2. The standard InChI is InChI=1S/C17H19N3O3S/c1-17(2)12(11-7-8-22-13(11)17)18-14(21)9-3-5-10(6-4-9)15-19-20-16(24)23-15/h3-6,11-13H,7-8H2,1-2H3,(H,18,21)(H,20,24)/t11-,12+,13-/m0/s1. The minimum absolute atomic E-state index is 0.0233. The SMILES string of the molecule is CC1(C)[C@H](NC(=O)c2ccc(-c3n[nH]c(=S)o3)cc2)[C@@H]2CCO[C@@H]21. The Morgan fingerprint density at radius 2 is 2.12 bits per heavy atom. The Morgan fingerprint density at radius 3 is 2.79 bits per heavy atom. The van der Waals surface area contributed by atoms with Crippen molar-refractivity contribution >= 4 is 18.1 Å². The molecule has 126 valence electrons. The quantitative estimate of drug-likeness (QED) is 0.836. The summed E-state index contributed by atoms with van der Waals surface area (Å²) >= 11 is 4.87. The topological polar surface area (TPSA) is 80.2 Å². The molecular weight excluding hydrogens is 326 g/mol. The summed E-state index contributed by atoms with van der Waals surface area (Å²) in [6, 6.07) is 7.30. The monoisotopic (exact) mass is 345 g/mol. The summed E-state index contributed by atoms with van der Waals surface area (Å²) in [6.07, 6.45) is 1.28. The van der Waals surface area contributed by atoms with E-state index in [0.29, 0.717) is 17.4 Å². The lowest BCUT2D eigenvalue weighted by Gasteiger charge is -2.54. The van der Waals surface area contributed by atoms with Crippen LogP contribution < -0.4 is 5.32 Å². The molecular formula is C17H19N3O3S. The molecule has 1 aliphatic heterocycles. The molecule has 2 aliphatic rings. The zero-order valence-electron chi connectivity index (χ0n) is 13.5. The number of carbonyl (C=O) groups is 1. The van der Waals surface area contributed by atoms with Crippen LogP contribution in [0.1, 0.15) is 30.6 Å². The van der Waals surface area contributed by atoms with Gasteiger partial charge in [0.05, 0.1) is 6.10 Å². The number of nitrogens with one attached hydrogen (secondary N) is 2. The van der Waals surface area contributed by atoms with E-state index in [-0.39, 0.29) is 28.3 Å². The molecule has 0 bridgehead atoms. The lowest BCUT2D eigenvalue weighted by molar-refractivity contribution is -0.108. The smallest absolute Gasteiger partial charge is 0.284 e. The van der Waals surface area contributed by atoms with Crippen LogP contribution in [0.3, 0.4) is 0 Å². The Kier molecular flexibility index (Phi) is 3.58. The third-order valence-corrected chi connectivity index (χ3v) is 5.39. The summed E-state index contributed by atoms with van der Waals surface area (Å²) in [4.78, 5) is 12.8. The second-order valence-electron chi connectivity index (χ2n) is 7.01. The van der Waals surface area contributed by atoms with Gasteiger partial charge in [-0.3, -0.25) is 4.79 Å². The predicted octanol–water partition coefficient (Wildman–Crippen LogP) is 2.94. The van der Waals surface area contributed by atoms with Crippen molar-refractivity contribution in [3.8, 4) is 11.5 Å². The average Bonchev–Trinajstić information content (AvgIpc) is 3.20. The van der Waals surface area contributed by atoms with Gasteiger partial charge in [0.15, 0.2) is 0 Å². The van der Waals surface area contributed by atoms with Gasteiger partial charge in [0, 0.05) is 35.1 Å². The van der Waals surface area contributed by atoms with Gasteiger partial charge in [-0.05, 0) is 42.9 Å². The third-order valence-electron chi connectivity index (χ3n) is 5.22. The summed E-state index contributed by atoms with van der Waals surface area (Å²) in [6.45, 7) is 5.09. The highest BCUT2D eigenvalue weighted by molar-refractivity contribution is 7.71. The van der Waals surface area contributed by atoms with Crippen LogP contribution in [0.5, 0.6) is 0 Å². The highest BCUT2D eigenvalue weighted by atomic mass is 32.1. The molecule has 3 atom stereocenters. The maximum absolute atomic E-state index is 12.6. The lowest BCUT2D eigenvalue weighted by atomic mass is 9.57. The maximum Gasteiger partial charge on any atom is 0.284 e. The van der Waals surface area contributed by atoms with Gasteiger partial charge >= 0.3 is 0 Å². The first kappa shape index (κ1) is 15.5. The molecule has 2 aromatic rings. The van der Waals surface area contributed by atoms with Crippen LogP contribution >= 0.6 is 12.2 Å². The van der Waals surface area contributed by atoms with Crippen LogP contribution in [-0.2, 0) is 4.74 Å². The van der Waals surface area contributed by atoms with Crippen molar-refractivity contribution in [1.29, 1.82) is 0 Å². The summed E-state index contributed by atoms with van der Waals surface area (Å²) in [5.74, 6) is 0.780. The molecule has 1 aliphatic carbocycles. The number of amides is 1. The molecule has 1 aromatic carbocycles. The number of ether oxygens (including phenoxy) is 1. The first-order valence-electron chi connectivity index (χ1n) is 8.05. The molecule has 7 heteroatoms. The molecule has 24 heavy (non-hydrogen) atoms. The van der Waals surface area contributed by atoms with E-state index < -0.39 is 0 Å². The van der Waals surface area contributed by atoms with E-state index in [1.165, 1.54) is 0 Å². The number of hydrogen-bond acceptors (Lipinski definition) is 5. The number of fused-ring (bicyclic) bond motifs is 1. The molecule has 2 N–H and O–H groups in total. The predicted molar refractivity (Wildman–Crippen MR) is 90.0 cm³/mol. The van der Waals surface area contributed by atoms with Crippen molar-refractivity contribution in [2.75, 3.05) is 6.61 Å². The number of H-pyrrole nitrogens is 1. The molecule has 6 nitrogen and oxygen atoms in total. The largest absolute Gasteiger partial charge is 0.409 e. The summed E-state index contributed by atoms with van der Waals surface area (Å²) in [5.41, 5.74) is 1.36. The Bertz CT molecular complexity index is 824. The molecule has 0 unspecified atom stereocenters. The molecule has 4 rings (SSSR count). The fraction of sp³-hybridized carbons (Fsp3) is 0.471. The van der Waals surface area contributed by atoms with Gasteiger partial charge in [0.2, 0.25) is 5.89 Å². The molecule has 1 saturated heterocycles. The normalized spacial score (nSPS) is 27.3. The van der Waals surface area contributed by atoms with E-state index in [4.69, 9.17) is 21.4 Å². The summed E-state index contributed by atoms with van der Waals surface area (Å²) < 4.78 is 11.0. The highest BCUT2D eigenvalue weighted by Crippen LogP contribution is 2.52. The Labute approximate surface area is 144 Å². The average molecular weight is 345 g/mol. The van der Waals surface area contributed by atoms with Gasteiger partial charge in [-0.25, -0.2) is 5.10 Å².